The van der Waals surface area contributed by atoms with E-state index in [0.717, 1.165) is 17.1 Å². The third kappa shape index (κ3) is 11.1. The molecule has 0 aromatic carbocycles. The van der Waals surface area contributed by atoms with E-state index < -0.39 is 47.9 Å². The predicted octanol–water partition coefficient (Wildman–Crippen LogP) is 2.26. The molecule has 0 radical (unpaired) electrons. The largest absolute Gasteiger partial charge is 0.459 e. The highest BCUT2D eigenvalue weighted by atomic mass is 16.7. The molecule has 2 N–H and O–H groups in total. The molecule has 13 heteroatoms. The number of esters is 1. The zero-order valence-corrected chi connectivity index (χ0v) is 27.5. The Morgan fingerprint density at radius 2 is 1.87 bits per heavy atom. The fourth-order valence-corrected chi connectivity index (χ4v) is 5.65. The first-order valence-electron chi connectivity index (χ1n) is 15.8. The number of carbonyl (C=O) groups excluding carboxylic acids is 5. The van der Waals surface area contributed by atoms with Crippen LogP contribution >= 0.6 is 0 Å². The zero-order chi connectivity index (χ0) is 34.0. The first-order valence-corrected chi connectivity index (χ1v) is 15.8. The minimum absolute atomic E-state index is 0.0394. The summed E-state index contributed by atoms with van der Waals surface area (Å²) in [7, 11) is 1.31. The molecule has 0 aromatic rings. The smallest absolute Gasteiger partial charge is 0.335 e. The van der Waals surface area contributed by atoms with E-state index in [9.17, 15) is 29.1 Å². The molecule has 3 aliphatic heterocycles. The molecule has 1 spiro atoms. The van der Waals surface area contributed by atoms with Gasteiger partial charge in [-0.3, -0.25) is 14.4 Å². The van der Waals surface area contributed by atoms with Gasteiger partial charge in [-0.15, -0.1) is 0 Å². The van der Waals surface area contributed by atoms with Crippen molar-refractivity contribution in [1.82, 2.24) is 10.4 Å². The number of aliphatic hydroxyl groups excluding tert-OH is 1. The van der Waals surface area contributed by atoms with Crippen LogP contribution in [-0.2, 0) is 47.8 Å². The molecule has 0 bridgehead atoms. The van der Waals surface area contributed by atoms with Crippen molar-refractivity contribution in [2.45, 2.75) is 121 Å². The minimum atomic E-state index is -0.911. The standard InChI is InChI=1S/C33H48N2O11/c1-20(9-12-27-21(2)16-26(23(4)44-27)34-29(38)14-11-22(3)43-24(5)37)10-13-28-32(41)33(19-42-33)18-25(45-28)17-31(40)46-35(6)30(39)8-7-15-36/h9-11,13-15,21-23,25-28,32,41H,7-8,12,16-19H2,1-6H3,(H,34,38)/b13-10+,14-11-,20-9+/t21-,22?,23+,25+,26+,27-,28+,32+,33+/m0/s1. The number of nitrogens with zero attached hydrogens (tertiary/aromatic N) is 1. The number of amides is 2. The summed E-state index contributed by atoms with van der Waals surface area (Å²) in [6.07, 6.45) is 7.76. The number of ether oxygens (including phenoxy) is 4. The number of aldehydes is 1. The number of hydroxylamine groups is 2. The summed E-state index contributed by atoms with van der Waals surface area (Å²) in [5.41, 5.74) is 0.148. The summed E-state index contributed by atoms with van der Waals surface area (Å²) in [5, 5.41) is 14.7. The first kappa shape index (κ1) is 37.1. The summed E-state index contributed by atoms with van der Waals surface area (Å²) in [4.78, 5) is 63.5. The van der Waals surface area contributed by atoms with Crippen LogP contribution < -0.4 is 5.32 Å². The lowest BCUT2D eigenvalue weighted by atomic mass is 9.87. The van der Waals surface area contributed by atoms with E-state index in [-0.39, 0.29) is 49.3 Å². The number of nitrogens with one attached hydrogen (secondary N) is 1. The third-order valence-corrected chi connectivity index (χ3v) is 8.38. The summed E-state index contributed by atoms with van der Waals surface area (Å²) < 4.78 is 22.9. The van der Waals surface area contributed by atoms with Crippen molar-refractivity contribution in [1.29, 1.82) is 0 Å². The van der Waals surface area contributed by atoms with Crippen molar-refractivity contribution in [2.24, 2.45) is 5.92 Å². The van der Waals surface area contributed by atoms with E-state index in [4.69, 9.17) is 23.8 Å². The summed E-state index contributed by atoms with van der Waals surface area (Å²) >= 11 is 0. The Labute approximate surface area is 270 Å². The lowest BCUT2D eigenvalue weighted by Gasteiger charge is -2.39. The van der Waals surface area contributed by atoms with E-state index in [2.05, 4.69) is 12.2 Å². The lowest BCUT2D eigenvalue weighted by molar-refractivity contribution is -0.198. The van der Waals surface area contributed by atoms with Crippen LogP contribution in [0.2, 0.25) is 0 Å². The Balaban J connectivity index is 1.50. The van der Waals surface area contributed by atoms with E-state index >= 15 is 0 Å². The molecule has 9 atom stereocenters. The maximum Gasteiger partial charge on any atom is 0.335 e. The number of rotatable bonds is 13. The highest BCUT2D eigenvalue weighted by molar-refractivity contribution is 5.87. The molecule has 46 heavy (non-hydrogen) atoms. The van der Waals surface area contributed by atoms with Gasteiger partial charge in [0.15, 0.2) is 0 Å². The molecule has 1 unspecified atom stereocenters. The van der Waals surface area contributed by atoms with Gasteiger partial charge in [-0.2, -0.15) is 5.06 Å². The Morgan fingerprint density at radius 3 is 2.52 bits per heavy atom. The van der Waals surface area contributed by atoms with E-state index in [1.165, 1.54) is 26.1 Å². The number of epoxide rings is 1. The van der Waals surface area contributed by atoms with Gasteiger partial charge in [0.25, 0.3) is 5.91 Å². The Hall–Kier alpha value is -3.39. The molecule has 2 amide bonds. The summed E-state index contributed by atoms with van der Waals surface area (Å²) in [6, 6.07) is -0.159. The van der Waals surface area contributed by atoms with Gasteiger partial charge in [-0.05, 0) is 45.6 Å². The first-order chi connectivity index (χ1) is 21.7. The van der Waals surface area contributed by atoms with Crippen LogP contribution in [0.25, 0.3) is 0 Å². The molecule has 0 aliphatic carbocycles. The van der Waals surface area contributed by atoms with Gasteiger partial charge < -0.3 is 39.0 Å². The van der Waals surface area contributed by atoms with Crippen LogP contribution in [0.4, 0.5) is 0 Å². The molecule has 3 aliphatic rings. The SMILES string of the molecule is CC(=O)OC(C)/C=C\C(=O)N[C@@H]1C[C@H](C)[C@H](C/C=C(C)/C=C/[C@H]2O[C@H](CC(=O)ON(C)C(=O)CCC=O)C[C@@]3(CO3)[C@@H]2O)O[C@@H]1C. The summed E-state index contributed by atoms with van der Waals surface area (Å²) in [6.45, 7) is 9.30. The van der Waals surface area contributed by atoms with Gasteiger partial charge in [0, 0.05) is 39.3 Å². The Bertz CT molecular complexity index is 1190. The van der Waals surface area contributed by atoms with Crippen molar-refractivity contribution in [2.75, 3.05) is 13.7 Å². The van der Waals surface area contributed by atoms with E-state index in [0.29, 0.717) is 25.7 Å². The van der Waals surface area contributed by atoms with Crippen molar-refractivity contribution in [3.63, 3.8) is 0 Å². The van der Waals surface area contributed by atoms with E-state index in [1.807, 2.05) is 26.0 Å². The normalized spacial score (nSPS) is 31.8. The van der Waals surface area contributed by atoms with Crippen molar-refractivity contribution in [3.05, 3.63) is 36.0 Å². The molecular weight excluding hydrogens is 600 g/mol. The minimum Gasteiger partial charge on any atom is -0.459 e. The number of allylic oxidation sites excluding steroid dienone is 2. The highest BCUT2D eigenvalue weighted by Gasteiger charge is 2.58. The van der Waals surface area contributed by atoms with Gasteiger partial charge in [-0.25, -0.2) is 4.79 Å². The second-order valence-corrected chi connectivity index (χ2v) is 12.4. The second kappa shape index (κ2) is 17.0. The Kier molecular flexibility index (Phi) is 13.7. The van der Waals surface area contributed by atoms with Gasteiger partial charge in [0.1, 0.15) is 30.2 Å². The number of hydrogen-bond acceptors (Lipinski definition) is 11. The fourth-order valence-electron chi connectivity index (χ4n) is 5.65. The van der Waals surface area contributed by atoms with Gasteiger partial charge >= 0.3 is 11.9 Å². The predicted molar refractivity (Wildman–Crippen MR) is 165 cm³/mol. The maximum atomic E-state index is 12.5. The average Bonchev–Trinajstić information content (AvgIpc) is 3.76. The molecule has 0 saturated carbocycles. The number of aliphatic hydroxyl groups is 1. The molecule has 0 aromatic heterocycles. The molecule has 3 fully saturated rings. The topological polar surface area (TPSA) is 170 Å². The zero-order valence-electron chi connectivity index (χ0n) is 27.5. The van der Waals surface area contributed by atoms with Crippen LogP contribution in [0.15, 0.2) is 36.0 Å². The van der Waals surface area contributed by atoms with Crippen LogP contribution in [0.1, 0.15) is 73.1 Å². The highest BCUT2D eigenvalue weighted by Crippen LogP contribution is 2.43. The van der Waals surface area contributed by atoms with Crippen molar-refractivity contribution < 1.29 is 52.9 Å². The maximum absolute atomic E-state index is 12.5. The van der Waals surface area contributed by atoms with Crippen LogP contribution in [0, 0.1) is 5.92 Å². The number of hydrogen-bond donors (Lipinski definition) is 2. The van der Waals surface area contributed by atoms with Crippen molar-refractivity contribution in [3.8, 4) is 0 Å². The summed E-state index contributed by atoms with van der Waals surface area (Å²) in [5.74, 6) is -1.67. The third-order valence-electron chi connectivity index (χ3n) is 8.38. The molecule has 3 saturated heterocycles. The van der Waals surface area contributed by atoms with Crippen LogP contribution in [-0.4, -0.2) is 102 Å². The number of carbonyl (C=O) groups is 5. The molecule has 3 rings (SSSR count). The second-order valence-electron chi connectivity index (χ2n) is 12.4. The lowest BCUT2D eigenvalue weighted by Crippen LogP contribution is -2.50. The quantitative estimate of drug-likeness (QED) is 0.0750. The van der Waals surface area contributed by atoms with Crippen LogP contribution in [0.5, 0.6) is 0 Å². The van der Waals surface area contributed by atoms with Crippen molar-refractivity contribution >= 4 is 30.0 Å². The van der Waals surface area contributed by atoms with Gasteiger partial charge in [-0.1, -0.05) is 30.7 Å². The molecule has 3 heterocycles. The Morgan fingerprint density at radius 1 is 1.15 bits per heavy atom. The fraction of sp³-hybridized carbons (Fsp3) is 0.667. The molecule has 13 nitrogen and oxygen atoms in total. The molecular formula is C33H48N2O11. The average molecular weight is 649 g/mol. The van der Waals surface area contributed by atoms with Crippen LogP contribution in [0.3, 0.4) is 0 Å². The molecule has 256 valence electrons. The van der Waals surface area contributed by atoms with Gasteiger partial charge in [0.2, 0.25) is 5.91 Å². The van der Waals surface area contributed by atoms with E-state index in [1.54, 1.807) is 13.0 Å². The van der Waals surface area contributed by atoms with Gasteiger partial charge in [0.05, 0.1) is 37.4 Å². The monoisotopic (exact) mass is 648 g/mol.